The summed E-state index contributed by atoms with van der Waals surface area (Å²) in [5.74, 6) is -1.48. The van der Waals surface area contributed by atoms with Gasteiger partial charge in [-0.25, -0.2) is 4.79 Å². The molecule has 2 heterocycles. The van der Waals surface area contributed by atoms with E-state index in [1.165, 1.54) is 18.3 Å². The van der Waals surface area contributed by atoms with Gasteiger partial charge in [0, 0.05) is 12.6 Å². The minimum atomic E-state index is -4.67. The lowest BCUT2D eigenvalue weighted by molar-refractivity contribution is -0.726. The molecule has 41 heavy (non-hydrogen) atoms. The Morgan fingerprint density at radius 2 is 1.90 bits per heavy atom. The predicted molar refractivity (Wildman–Crippen MR) is 145 cm³/mol. The van der Waals surface area contributed by atoms with Crippen molar-refractivity contribution >= 4 is 33.4 Å². The Morgan fingerprint density at radius 3 is 2.59 bits per heavy atom. The first-order valence-corrected chi connectivity index (χ1v) is 13.7. The lowest BCUT2D eigenvalue weighted by Gasteiger charge is -2.13. The van der Waals surface area contributed by atoms with Gasteiger partial charge in [0.05, 0.1) is 27.5 Å². The molecule has 0 aliphatic carbocycles. The Bertz CT molecular complexity index is 1600. The normalized spacial score (nSPS) is 12.9. The largest absolute Gasteiger partial charge is 0.490 e. The average Bonchev–Trinajstić information content (AvgIpc) is 3.29. The number of esters is 1. The number of hydrogen-bond donors (Lipinski definition) is 1. The van der Waals surface area contributed by atoms with Gasteiger partial charge in [-0.05, 0) is 43.7 Å². The number of pyridine rings is 1. The van der Waals surface area contributed by atoms with E-state index < -0.39 is 29.7 Å². The van der Waals surface area contributed by atoms with Crippen molar-refractivity contribution in [1.29, 1.82) is 0 Å². The Balaban J connectivity index is 1.70. The van der Waals surface area contributed by atoms with Gasteiger partial charge in [0.2, 0.25) is 0 Å². The van der Waals surface area contributed by atoms with E-state index in [9.17, 15) is 27.9 Å². The molecule has 4 aromatic rings. The number of unbranched alkanes of at least 4 members (excludes halogenated alkanes) is 1. The molecule has 0 fully saturated rings. The molecule has 216 valence electrons. The lowest BCUT2D eigenvalue weighted by atomic mass is 10.1. The number of fused-ring (bicyclic) bond motifs is 1. The number of carbonyl (C=O) groups is 2. The second-order valence-electron chi connectivity index (χ2n) is 9.31. The van der Waals surface area contributed by atoms with Crippen molar-refractivity contribution in [2.24, 2.45) is 4.99 Å². The molecule has 1 atom stereocenters. The van der Waals surface area contributed by atoms with Crippen molar-refractivity contribution in [2.45, 2.75) is 52.2 Å². The number of thiazole rings is 1. The molecule has 0 aliphatic heterocycles. The number of halogens is 3. The van der Waals surface area contributed by atoms with Crippen LogP contribution in [0.5, 0.6) is 5.75 Å². The lowest BCUT2D eigenvalue weighted by Crippen LogP contribution is -2.35. The number of aromatic nitrogens is 2. The zero-order valence-corrected chi connectivity index (χ0v) is 23.2. The molecule has 12 heteroatoms. The summed E-state index contributed by atoms with van der Waals surface area (Å²) >= 11 is 1.21. The molecule has 0 unspecified atom stereocenters. The van der Waals surface area contributed by atoms with Gasteiger partial charge < -0.3 is 19.1 Å². The van der Waals surface area contributed by atoms with Gasteiger partial charge in [-0.2, -0.15) is 22.7 Å². The van der Waals surface area contributed by atoms with Gasteiger partial charge in [0.25, 0.3) is 12.6 Å². The van der Waals surface area contributed by atoms with Gasteiger partial charge in [0.1, 0.15) is 17.9 Å². The van der Waals surface area contributed by atoms with Crippen molar-refractivity contribution in [2.75, 3.05) is 6.61 Å². The highest BCUT2D eigenvalue weighted by Gasteiger charge is 2.32. The first kappa shape index (κ1) is 29.9. The van der Waals surface area contributed by atoms with Gasteiger partial charge in [-0.3, -0.25) is 4.79 Å². The Morgan fingerprint density at radius 1 is 1.15 bits per heavy atom. The van der Waals surface area contributed by atoms with E-state index in [1.807, 2.05) is 11.5 Å². The summed E-state index contributed by atoms with van der Waals surface area (Å²) in [7, 11) is 0. The van der Waals surface area contributed by atoms with Gasteiger partial charge in [0.15, 0.2) is 17.2 Å². The summed E-state index contributed by atoms with van der Waals surface area (Å²) in [5.41, 5.74) is -0.221. The third kappa shape index (κ3) is 7.59. The molecular weight excluding hydrogens is 559 g/mol. The standard InChI is InChI=1S/C29H29F3N3O5S/c1-3-4-13-35-23-16-34(18-40-27(38)20-8-6-5-7-9-20)14-12-25(23)41-28(35)33-26(37)22-15-21(29(30,31)32)10-11-24(22)39-17-19(2)36/h5-12,14-16,19,36H,3-4,13,17-18H2,1-2H3/q+1/b33-28-/t19-/m0/s1. The van der Waals surface area contributed by atoms with Crippen LogP contribution in [0.15, 0.2) is 72.0 Å². The minimum Gasteiger partial charge on any atom is -0.490 e. The molecule has 2 aromatic carbocycles. The van der Waals surface area contributed by atoms with Crippen LogP contribution >= 0.6 is 11.3 Å². The summed E-state index contributed by atoms with van der Waals surface area (Å²) < 4.78 is 55.4. The van der Waals surface area contributed by atoms with E-state index in [-0.39, 0.29) is 24.7 Å². The zero-order valence-electron chi connectivity index (χ0n) is 22.4. The van der Waals surface area contributed by atoms with E-state index in [2.05, 4.69) is 4.99 Å². The second kappa shape index (κ2) is 13.1. The van der Waals surface area contributed by atoms with Crippen LogP contribution in [0.3, 0.4) is 0 Å². The summed E-state index contributed by atoms with van der Waals surface area (Å²) in [6.07, 6.45) is -0.461. The monoisotopic (exact) mass is 588 g/mol. The number of nitrogens with zero attached hydrogens (tertiary/aromatic N) is 3. The van der Waals surface area contributed by atoms with Crippen LogP contribution in [0.25, 0.3) is 10.2 Å². The number of aliphatic hydroxyl groups excluding tert-OH is 1. The summed E-state index contributed by atoms with van der Waals surface area (Å²) in [4.78, 5) is 30.2. The number of amides is 1. The van der Waals surface area contributed by atoms with Crippen molar-refractivity contribution in [3.05, 3.63) is 88.5 Å². The smallest absolute Gasteiger partial charge is 0.416 e. The maximum Gasteiger partial charge on any atom is 0.416 e. The highest BCUT2D eigenvalue weighted by atomic mass is 32.1. The zero-order chi connectivity index (χ0) is 29.6. The third-order valence-electron chi connectivity index (χ3n) is 5.98. The molecule has 4 rings (SSSR count). The van der Waals surface area contributed by atoms with Crippen LogP contribution in [0.2, 0.25) is 0 Å². The fraction of sp³-hybridized carbons (Fsp3) is 0.310. The maximum atomic E-state index is 13.4. The first-order chi connectivity index (χ1) is 19.6. The molecule has 2 aromatic heterocycles. The molecule has 1 N–H and O–H groups in total. The van der Waals surface area contributed by atoms with E-state index in [0.29, 0.717) is 23.0 Å². The molecule has 8 nitrogen and oxygen atoms in total. The van der Waals surface area contributed by atoms with Gasteiger partial charge >= 0.3 is 12.1 Å². The van der Waals surface area contributed by atoms with Crippen molar-refractivity contribution in [3.63, 3.8) is 0 Å². The third-order valence-corrected chi connectivity index (χ3v) is 7.04. The number of hydrogen-bond acceptors (Lipinski definition) is 6. The van der Waals surface area contributed by atoms with Crippen LogP contribution in [-0.2, 0) is 24.2 Å². The van der Waals surface area contributed by atoms with E-state index in [0.717, 1.165) is 35.2 Å². The highest BCUT2D eigenvalue weighted by molar-refractivity contribution is 7.16. The predicted octanol–water partition coefficient (Wildman–Crippen LogP) is 5.12. The van der Waals surface area contributed by atoms with Crippen LogP contribution in [0.1, 0.15) is 53.0 Å². The molecule has 0 saturated heterocycles. The SMILES string of the molecule is CCCCn1/c(=N/C(=O)c2cc(C(F)(F)F)ccc2OC[C@H](C)O)sc2cc[n+](COC(=O)c3ccccc3)cc21. The molecule has 0 radical (unpaired) electrons. The summed E-state index contributed by atoms with van der Waals surface area (Å²) in [5, 5.41) is 9.57. The Labute approximate surface area is 237 Å². The fourth-order valence-corrected chi connectivity index (χ4v) is 4.92. The first-order valence-electron chi connectivity index (χ1n) is 12.9. The fourth-order valence-electron chi connectivity index (χ4n) is 3.90. The number of alkyl halides is 3. The molecule has 0 bridgehead atoms. The molecular formula is C29H29F3N3O5S+. The van der Waals surface area contributed by atoms with Crippen LogP contribution in [0, 0.1) is 0 Å². The van der Waals surface area contributed by atoms with Gasteiger partial charge in [-0.1, -0.05) is 42.9 Å². The molecule has 1 amide bonds. The number of ether oxygens (including phenoxy) is 2. The van der Waals surface area contributed by atoms with Crippen molar-refractivity contribution < 1.29 is 41.9 Å². The number of carbonyl (C=O) groups excluding carboxylic acids is 2. The second-order valence-corrected chi connectivity index (χ2v) is 10.3. The number of benzene rings is 2. The maximum absolute atomic E-state index is 13.4. The van der Waals surface area contributed by atoms with Gasteiger partial charge in [-0.15, -0.1) is 0 Å². The molecule has 0 spiro atoms. The summed E-state index contributed by atoms with van der Waals surface area (Å²) in [6, 6.07) is 13.0. The quantitative estimate of drug-likeness (QED) is 0.205. The Hall–Kier alpha value is -4.03. The van der Waals surface area contributed by atoms with E-state index in [1.54, 1.807) is 53.4 Å². The molecule has 0 saturated carbocycles. The number of aliphatic hydroxyl groups is 1. The number of aryl methyl sites for hydroxylation is 1. The number of rotatable bonds is 10. The van der Waals surface area contributed by atoms with Crippen LogP contribution in [-0.4, -0.2) is 34.3 Å². The summed E-state index contributed by atoms with van der Waals surface area (Å²) in [6.45, 7) is 3.71. The van der Waals surface area contributed by atoms with E-state index >= 15 is 0 Å². The van der Waals surface area contributed by atoms with Crippen molar-refractivity contribution in [3.8, 4) is 5.75 Å². The van der Waals surface area contributed by atoms with Crippen LogP contribution < -0.4 is 14.1 Å². The molecule has 0 aliphatic rings. The average molecular weight is 589 g/mol. The Kier molecular flexibility index (Phi) is 9.56. The van der Waals surface area contributed by atoms with Crippen molar-refractivity contribution in [1.82, 2.24) is 4.57 Å². The van der Waals surface area contributed by atoms with E-state index in [4.69, 9.17) is 9.47 Å². The van der Waals surface area contributed by atoms with Crippen LogP contribution in [0.4, 0.5) is 13.2 Å². The minimum absolute atomic E-state index is 0.0487. The topological polar surface area (TPSA) is 94.0 Å². The highest BCUT2D eigenvalue weighted by Crippen LogP contribution is 2.33.